The van der Waals surface area contributed by atoms with Crippen molar-refractivity contribution in [3.8, 4) is 44.5 Å². The molecule has 0 spiro atoms. The first-order valence-electron chi connectivity index (χ1n) is 29.9. The molecule has 0 radical (unpaired) electrons. The van der Waals surface area contributed by atoms with E-state index in [1.807, 2.05) is 0 Å². The van der Waals surface area contributed by atoms with E-state index in [0.717, 1.165) is 0 Å². The predicted octanol–water partition coefficient (Wildman–Crippen LogP) is 23.7. The maximum absolute atomic E-state index is 2.32. The van der Waals surface area contributed by atoms with Crippen LogP contribution in [0.15, 0.2) is 303 Å². The maximum atomic E-state index is 2.32. The number of hydrogen-bond acceptors (Lipinski definition) is 0. The van der Waals surface area contributed by atoms with Gasteiger partial charge in [-0.3, -0.25) is 0 Å². The van der Waals surface area contributed by atoms with Crippen LogP contribution in [0.1, 0.15) is 55.6 Å². The molecule has 0 fully saturated rings. The van der Waals surface area contributed by atoms with Crippen molar-refractivity contribution in [2.45, 2.75) is 27.7 Å². The first-order chi connectivity index (χ1) is 42.2. The van der Waals surface area contributed by atoms with Gasteiger partial charge in [0.25, 0.3) is 0 Å². The SMILES string of the molecule is Cc1ccc(C(=Cc2ccc(-c3ccc(C=C(c4ccc(C)cc4)c4ccc(C)cc4)cc3)cc2)c2ccc(C)cc2)cc1.c1ccc2cc(-c3ccc4ccc5c(-c6ccc(-c7cccc8ccccc78)cc6)ccc6ccc3c4c65)ccc2c1. The number of fused-ring (bicyclic) bond motifs is 2. The predicted molar refractivity (Wildman–Crippen MR) is 372 cm³/mol. The topological polar surface area (TPSA) is 0 Å². The Balaban J connectivity index is 0.000000152. The highest BCUT2D eigenvalue weighted by molar-refractivity contribution is 6.27. The molecule has 0 bridgehead atoms. The lowest BCUT2D eigenvalue weighted by atomic mass is 9.87. The van der Waals surface area contributed by atoms with Gasteiger partial charge in [0.05, 0.1) is 0 Å². The summed E-state index contributed by atoms with van der Waals surface area (Å²) in [7, 11) is 0. The van der Waals surface area contributed by atoms with Crippen molar-refractivity contribution in [3.05, 3.63) is 359 Å². The standard InChI is InChI=1S/C44H38.C42H26/c1-31-5-17-39(18-6-31)43(40-19-7-32(2)8-20-40)29-35-13-25-37(26-14-35)38-27-15-36(16-28-38)30-44(41-21-9-33(3)10-22-41)42-23-11-34(4)12-24-42;1-2-8-33-26-34(17-12-27(33)6-1)38-23-19-32-20-24-39-37(22-18-31-21-25-40(38)42(32)41(31)39)30-15-13-29(14-16-30)36-11-5-9-28-7-3-4-10-35(28)36/h5-30H,1-4H3;1-26H. The summed E-state index contributed by atoms with van der Waals surface area (Å²) in [6, 6.07) is 111. The molecule has 0 heterocycles. The molecule has 408 valence electrons. The summed E-state index contributed by atoms with van der Waals surface area (Å²) < 4.78 is 0. The van der Waals surface area contributed by atoms with E-state index in [1.54, 1.807) is 0 Å². The molecule has 86 heavy (non-hydrogen) atoms. The summed E-state index contributed by atoms with van der Waals surface area (Å²) >= 11 is 0. The van der Waals surface area contributed by atoms with E-state index in [4.69, 9.17) is 0 Å². The molecule has 15 aromatic rings. The third kappa shape index (κ3) is 10.8. The summed E-state index contributed by atoms with van der Waals surface area (Å²) in [5.74, 6) is 0. The van der Waals surface area contributed by atoms with Crippen molar-refractivity contribution in [2.75, 3.05) is 0 Å². The molecule has 15 rings (SSSR count). The van der Waals surface area contributed by atoms with Gasteiger partial charge < -0.3 is 0 Å². The molecule has 0 amide bonds. The van der Waals surface area contributed by atoms with Gasteiger partial charge in [0.2, 0.25) is 0 Å². The van der Waals surface area contributed by atoms with Crippen molar-refractivity contribution in [3.63, 3.8) is 0 Å². The van der Waals surface area contributed by atoms with E-state index >= 15 is 0 Å². The molecular weight excluding hydrogens is 1030 g/mol. The number of rotatable bonds is 10. The van der Waals surface area contributed by atoms with E-state index in [2.05, 4.69) is 343 Å². The van der Waals surface area contributed by atoms with Gasteiger partial charge in [-0.25, -0.2) is 0 Å². The smallest absolute Gasteiger partial charge is 0.00203 e. The van der Waals surface area contributed by atoms with E-state index in [0.29, 0.717) is 0 Å². The lowest BCUT2D eigenvalue weighted by Crippen LogP contribution is -1.90. The quantitative estimate of drug-likeness (QED) is 0.0946. The van der Waals surface area contributed by atoms with Crippen LogP contribution in [0, 0.1) is 27.7 Å². The first kappa shape index (κ1) is 53.4. The average Bonchev–Trinajstić information content (AvgIpc) is 1.72. The minimum Gasteiger partial charge on any atom is -0.0616 e. The molecule has 0 aromatic heterocycles. The largest absolute Gasteiger partial charge is 0.0616 e. The highest BCUT2D eigenvalue weighted by Gasteiger charge is 2.16. The second-order valence-corrected chi connectivity index (χ2v) is 23.1. The van der Waals surface area contributed by atoms with Crippen molar-refractivity contribution in [1.29, 1.82) is 0 Å². The third-order valence-corrected chi connectivity index (χ3v) is 17.2. The molecule has 0 heteroatoms. The van der Waals surface area contributed by atoms with Gasteiger partial charge in [-0.05, 0) is 189 Å². The van der Waals surface area contributed by atoms with Crippen LogP contribution in [0.5, 0.6) is 0 Å². The fraction of sp³-hybridized carbons (Fsp3) is 0.0465. The van der Waals surface area contributed by atoms with Crippen LogP contribution in [-0.2, 0) is 0 Å². The maximum Gasteiger partial charge on any atom is -0.00203 e. The molecule has 0 aliphatic rings. The fourth-order valence-corrected chi connectivity index (χ4v) is 12.4. The van der Waals surface area contributed by atoms with Gasteiger partial charge in [0, 0.05) is 0 Å². The average molecular weight is 1100 g/mol. The van der Waals surface area contributed by atoms with Crippen molar-refractivity contribution in [1.82, 2.24) is 0 Å². The van der Waals surface area contributed by atoms with E-state index < -0.39 is 0 Å². The Morgan fingerprint density at radius 2 is 0.558 bits per heavy atom. The van der Waals surface area contributed by atoms with Crippen LogP contribution in [0.3, 0.4) is 0 Å². The number of aryl methyl sites for hydroxylation is 4. The van der Waals surface area contributed by atoms with Gasteiger partial charge in [-0.2, -0.15) is 0 Å². The molecule has 0 saturated heterocycles. The molecule has 0 saturated carbocycles. The Labute approximate surface area is 505 Å². The van der Waals surface area contributed by atoms with E-state index in [1.165, 1.54) is 165 Å². The van der Waals surface area contributed by atoms with Crippen LogP contribution in [0.2, 0.25) is 0 Å². The van der Waals surface area contributed by atoms with E-state index in [9.17, 15) is 0 Å². The van der Waals surface area contributed by atoms with E-state index in [-0.39, 0.29) is 0 Å². The first-order valence-corrected chi connectivity index (χ1v) is 29.9. The van der Waals surface area contributed by atoms with Crippen molar-refractivity contribution in [2.24, 2.45) is 0 Å². The normalized spacial score (nSPS) is 11.3. The fourth-order valence-electron chi connectivity index (χ4n) is 12.4. The molecule has 0 aliphatic carbocycles. The Kier molecular flexibility index (Phi) is 14.4. The summed E-state index contributed by atoms with van der Waals surface area (Å²) in [6.07, 6.45) is 4.59. The Bertz CT molecular complexity index is 4730. The Morgan fingerprint density at radius 1 is 0.221 bits per heavy atom. The third-order valence-electron chi connectivity index (χ3n) is 17.2. The van der Waals surface area contributed by atoms with Gasteiger partial charge in [0.1, 0.15) is 0 Å². The molecule has 0 nitrogen and oxygen atoms in total. The minimum absolute atomic E-state index is 1.19. The zero-order valence-electron chi connectivity index (χ0n) is 49.0. The summed E-state index contributed by atoms with van der Waals surface area (Å²) in [4.78, 5) is 0. The number of benzene rings is 15. The van der Waals surface area contributed by atoms with Crippen LogP contribution in [0.4, 0.5) is 0 Å². The number of hydrogen-bond donors (Lipinski definition) is 0. The highest BCUT2D eigenvalue weighted by Crippen LogP contribution is 2.43. The van der Waals surface area contributed by atoms with Crippen molar-refractivity contribution < 1.29 is 0 Å². The van der Waals surface area contributed by atoms with Crippen LogP contribution in [-0.4, -0.2) is 0 Å². The molecule has 0 atom stereocenters. The van der Waals surface area contributed by atoms with Crippen LogP contribution >= 0.6 is 0 Å². The second-order valence-electron chi connectivity index (χ2n) is 23.1. The van der Waals surface area contributed by atoms with Gasteiger partial charge in [-0.15, -0.1) is 0 Å². The second kappa shape index (κ2) is 23.2. The lowest BCUT2D eigenvalue weighted by molar-refractivity contribution is 1.43. The Morgan fingerprint density at radius 3 is 1.01 bits per heavy atom. The van der Waals surface area contributed by atoms with Crippen LogP contribution < -0.4 is 0 Å². The van der Waals surface area contributed by atoms with Gasteiger partial charge in [-0.1, -0.05) is 320 Å². The summed E-state index contributed by atoms with van der Waals surface area (Å²) in [5, 5.41) is 13.0. The highest BCUT2D eigenvalue weighted by atomic mass is 14.2. The zero-order chi connectivity index (χ0) is 58.1. The lowest BCUT2D eigenvalue weighted by Gasteiger charge is -2.17. The summed E-state index contributed by atoms with van der Waals surface area (Å²) in [5.41, 5.74) is 24.8. The molecule has 15 aromatic carbocycles. The molecule has 0 unspecified atom stereocenters. The van der Waals surface area contributed by atoms with Crippen LogP contribution in [0.25, 0.3) is 122 Å². The van der Waals surface area contributed by atoms with Crippen molar-refractivity contribution >= 4 is 77.2 Å². The monoisotopic (exact) mass is 1100 g/mol. The Hall–Kier alpha value is -10.7. The molecule has 0 aliphatic heterocycles. The zero-order valence-corrected chi connectivity index (χ0v) is 49.0. The van der Waals surface area contributed by atoms with Gasteiger partial charge in [0.15, 0.2) is 0 Å². The summed E-state index contributed by atoms with van der Waals surface area (Å²) in [6.45, 7) is 8.53. The molecular formula is C86H64. The molecule has 0 N–H and O–H groups in total. The van der Waals surface area contributed by atoms with Gasteiger partial charge >= 0.3 is 0 Å². The minimum atomic E-state index is 1.19.